The van der Waals surface area contributed by atoms with Gasteiger partial charge >= 0.3 is 0 Å². The van der Waals surface area contributed by atoms with Crippen LogP contribution in [-0.4, -0.2) is 48.7 Å². The fourth-order valence-corrected chi connectivity index (χ4v) is 5.76. The van der Waals surface area contributed by atoms with E-state index in [0.717, 1.165) is 40.8 Å². The van der Waals surface area contributed by atoms with Crippen molar-refractivity contribution >= 4 is 65.9 Å². The Morgan fingerprint density at radius 3 is 1.82 bits per heavy atom. The summed E-state index contributed by atoms with van der Waals surface area (Å²) in [6.07, 6.45) is 1.55. The maximum atomic E-state index is 13.7. The summed E-state index contributed by atoms with van der Waals surface area (Å²) in [4.78, 5) is 28.7. The minimum absolute atomic E-state index is 0.318. The molecule has 0 radical (unpaired) electrons. The van der Waals surface area contributed by atoms with Gasteiger partial charge in [-0.1, -0.05) is 48.5 Å². The van der Waals surface area contributed by atoms with Gasteiger partial charge < -0.3 is 15.6 Å². The van der Waals surface area contributed by atoms with Gasteiger partial charge in [-0.3, -0.25) is 14.1 Å². The van der Waals surface area contributed by atoms with Crippen molar-refractivity contribution in [3.63, 3.8) is 0 Å². The molecule has 222 valence electrons. The van der Waals surface area contributed by atoms with Crippen molar-refractivity contribution in [2.45, 2.75) is 6.42 Å². The number of nitrogens with zero attached hydrogens (tertiary/aromatic N) is 2. The van der Waals surface area contributed by atoms with E-state index in [1.807, 2.05) is 72.8 Å². The van der Waals surface area contributed by atoms with E-state index in [1.54, 1.807) is 6.07 Å². The summed E-state index contributed by atoms with van der Waals surface area (Å²) in [5.41, 5.74) is 11.3. The number of hydrogen-bond acceptors (Lipinski definition) is 6. The van der Waals surface area contributed by atoms with Gasteiger partial charge in [0.2, 0.25) is 0 Å². The summed E-state index contributed by atoms with van der Waals surface area (Å²) in [6.45, 7) is 1.32. The van der Waals surface area contributed by atoms with Gasteiger partial charge in [0.1, 0.15) is 0 Å². The van der Waals surface area contributed by atoms with Gasteiger partial charge in [-0.2, -0.15) is 8.42 Å². The van der Waals surface area contributed by atoms with Crippen molar-refractivity contribution in [1.29, 1.82) is 0 Å². The molecule has 1 aliphatic rings. The molecule has 0 spiro atoms. The Morgan fingerprint density at radius 1 is 0.705 bits per heavy atom. The average Bonchev–Trinajstić information content (AvgIpc) is 3.34. The topological polar surface area (TPSA) is 135 Å². The van der Waals surface area contributed by atoms with Crippen LogP contribution in [-0.2, 0) is 10.1 Å². The Hall–Kier alpha value is -5.03. The predicted molar refractivity (Wildman–Crippen MR) is 176 cm³/mol. The van der Waals surface area contributed by atoms with Gasteiger partial charge in [0, 0.05) is 50.6 Å². The molecule has 0 fully saturated rings. The zero-order valence-electron chi connectivity index (χ0n) is 23.9. The molecule has 6 aromatic rings. The molecule has 0 saturated heterocycles. The van der Waals surface area contributed by atoms with E-state index in [-0.39, 0.29) is 11.8 Å². The molecular formula is C34H30N4O5S. The normalized spacial score (nSPS) is 12.9. The van der Waals surface area contributed by atoms with E-state index in [9.17, 15) is 18.0 Å². The lowest BCUT2D eigenvalue weighted by Gasteiger charge is -2.28. The van der Waals surface area contributed by atoms with E-state index >= 15 is 0 Å². The summed E-state index contributed by atoms with van der Waals surface area (Å²) in [7, 11) is -3.67. The first-order valence-corrected chi connectivity index (χ1v) is 15.9. The molecular weight excluding hydrogens is 576 g/mol. The van der Waals surface area contributed by atoms with Crippen LogP contribution in [0.3, 0.4) is 0 Å². The van der Waals surface area contributed by atoms with Gasteiger partial charge in [0.25, 0.3) is 21.9 Å². The Labute approximate surface area is 254 Å². The summed E-state index contributed by atoms with van der Waals surface area (Å²) >= 11 is 0. The summed E-state index contributed by atoms with van der Waals surface area (Å²) < 4.78 is 28.1. The molecule has 10 heteroatoms. The number of nitrogens with two attached hydrogens (primary N) is 1. The highest BCUT2D eigenvalue weighted by atomic mass is 32.2. The van der Waals surface area contributed by atoms with E-state index in [1.165, 1.54) is 15.7 Å². The Kier molecular flexibility index (Phi) is 7.64. The number of carbonyl (C=O) groups excluding carboxylic acids is 2. The van der Waals surface area contributed by atoms with E-state index in [4.69, 9.17) is 10.3 Å². The van der Waals surface area contributed by atoms with Crippen LogP contribution in [0.15, 0.2) is 103 Å². The minimum atomic E-state index is -3.67. The highest BCUT2D eigenvalue weighted by molar-refractivity contribution is 7.85. The molecule has 2 amide bonds. The molecule has 0 aliphatic carbocycles. The number of carbonyl (C=O) groups is 2. The number of hydrogen-bond donors (Lipinski definition) is 3. The fourth-order valence-electron chi connectivity index (χ4n) is 5.76. The van der Waals surface area contributed by atoms with Crippen LogP contribution < -0.4 is 16.0 Å². The van der Waals surface area contributed by atoms with Gasteiger partial charge in [0.05, 0.1) is 23.0 Å². The number of aromatic nitrogens is 1. The van der Waals surface area contributed by atoms with Crippen LogP contribution in [0.25, 0.3) is 38.3 Å². The smallest absolute Gasteiger partial charge is 0.265 e. The number of para-hydroxylation sites is 2. The number of benzene rings is 5. The van der Waals surface area contributed by atoms with Crippen molar-refractivity contribution in [1.82, 2.24) is 4.57 Å². The first-order valence-electron chi connectivity index (χ1n) is 14.1. The molecule has 4 N–H and O–H groups in total. The molecule has 5 aromatic carbocycles. The molecule has 0 bridgehead atoms. The van der Waals surface area contributed by atoms with E-state index in [2.05, 4.69) is 34.1 Å². The largest absolute Gasteiger partial charge is 0.384 e. The van der Waals surface area contributed by atoms with Crippen LogP contribution in [0.1, 0.15) is 27.1 Å². The Balaban J connectivity index is 0.000000637. The molecule has 7 rings (SSSR count). The quantitative estimate of drug-likeness (QED) is 0.120. The third-order valence-corrected chi connectivity index (χ3v) is 7.55. The molecule has 2 heterocycles. The van der Waals surface area contributed by atoms with Crippen molar-refractivity contribution in [2.24, 2.45) is 5.73 Å². The fraction of sp³-hybridized carbons (Fsp3) is 0.118. The SMILES string of the molecule is CS(=O)(=O)O.NCCCNc1ccc2c3c(cccc13)C(=O)N(c1ccc(-n3c4ccccc4c4ccccc43)cc1)C2=O. The zero-order valence-corrected chi connectivity index (χ0v) is 24.7. The first-order chi connectivity index (χ1) is 21.2. The maximum absolute atomic E-state index is 13.7. The van der Waals surface area contributed by atoms with Crippen molar-refractivity contribution in [3.05, 3.63) is 114 Å². The van der Waals surface area contributed by atoms with Crippen molar-refractivity contribution in [3.8, 4) is 5.69 Å². The lowest BCUT2D eigenvalue weighted by atomic mass is 9.92. The second kappa shape index (κ2) is 11.6. The minimum Gasteiger partial charge on any atom is -0.384 e. The summed E-state index contributed by atoms with van der Waals surface area (Å²) in [5, 5.41) is 7.31. The second-order valence-electron chi connectivity index (χ2n) is 10.5. The van der Waals surface area contributed by atoms with E-state index < -0.39 is 10.1 Å². The lowest BCUT2D eigenvalue weighted by Crippen LogP contribution is -2.40. The van der Waals surface area contributed by atoms with Gasteiger partial charge in [-0.05, 0) is 67.6 Å². The third-order valence-electron chi connectivity index (χ3n) is 7.55. The number of anilines is 2. The molecule has 0 atom stereocenters. The zero-order chi connectivity index (χ0) is 31.0. The van der Waals surface area contributed by atoms with Gasteiger partial charge in [-0.25, -0.2) is 4.90 Å². The highest BCUT2D eigenvalue weighted by Gasteiger charge is 2.34. The van der Waals surface area contributed by atoms with Crippen LogP contribution in [0.2, 0.25) is 0 Å². The van der Waals surface area contributed by atoms with Crippen LogP contribution in [0.5, 0.6) is 0 Å². The first kappa shape index (κ1) is 29.1. The molecule has 1 aromatic heterocycles. The molecule has 44 heavy (non-hydrogen) atoms. The second-order valence-corrected chi connectivity index (χ2v) is 12.0. The standard InChI is InChI=1S/C33H26N4O2.CH4O3S/c34-19-6-20-35-28-18-17-27-31-25(28)9-5-10-26(31)32(38)37(33(27)39)22-15-13-21(14-16-22)36-29-11-3-1-7-23(29)24-8-2-4-12-30(24)36;1-5(2,3)4/h1-5,7-18,35H,6,19-20,34H2;1H3,(H,2,3,4). The van der Waals surface area contributed by atoms with Crippen LogP contribution >= 0.6 is 0 Å². The van der Waals surface area contributed by atoms with Crippen LogP contribution in [0.4, 0.5) is 11.4 Å². The third kappa shape index (κ3) is 5.30. The number of nitrogens with one attached hydrogen (secondary N) is 1. The van der Waals surface area contributed by atoms with Crippen molar-refractivity contribution in [2.75, 3.05) is 29.6 Å². The van der Waals surface area contributed by atoms with Gasteiger partial charge in [0.15, 0.2) is 0 Å². The monoisotopic (exact) mass is 606 g/mol. The van der Waals surface area contributed by atoms with E-state index in [0.29, 0.717) is 35.0 Å². The number of fused-ring (bicyclic) bond motifs is 3. The molecule has 9 nitrogen and oxygen atoms in total. The lowest BCUT2D eigenvalue weighted by molar-refractivity contribution is 0.0893. The van der Waals surface area contributed by atoms with Gasteiger partial charge in [-0.15, -0.1) is 0 Å². The van der Waals surface area contributed by atoms with Crippen LogP contribution in [0, 0.1) is 0 Å². The average molecular weight is 607 g/mol. The molecule has 0 saturated carbocycles. The number of imide groups is 1. The van der Waals surface area contributed by atoms with Crippen molar-refractivity contribution < 1.29 is 22.6 Å². The predicted octanol–water partition coefficient (Wildman–Crippen LogP) is 6.00. The number of rotatable bonds is 6. The molecule has 0 unspecified atom stereocenters. The molecule has 1 aliphatic heterocycles. The maximum Gasteiger partial charge on any atom is 0.265 e. The Morgan fingerprint density at radius 2 is 1.23 bits per heavy atom. The Bertz CT molecular complexity index is 2090. The summed E-state index contributed by atoms with van der Waals surface area (Å²) in [5.74, 6) is -0.636. The highest BCUT2D eigenvalue weighted by Crippen LogP contribution is 2.37. The summed E-state index contributed by atoms with van der Waals surface area (Å²) in [6, 6.07) is 33.6. The number of amides is 2.